The molecule has 0 spiro atoms. The molecule has 1 aromatic rings. The molecule has 6 N–H and O–H groups in total. The Morgan fingerprint density at radius 1 is 1.22 bits per heavy atom. The van der Waals surface area contributed by atoms with Gasteiger partial charge in [0.2, 0.25) is 0 Å². The van der Waals surface area contributed by atoms with E-state index in [1.54, 1.807) is 6.07 Å². The molecule has 0 radical (unpaired) electrons. The summed E-state index contributed by atoms with van der Waals surface area (Å²) in [6.45, 7) is 1.84. The molecule has 0 unspecified atom stereocenters. The van der Waals surface area contributed by atoms with E-state index in [0.29, 0.717) is 5.69 Å². The predicted octanol–water partition coefficient (Wildman–Crippen LogP) is -0.00738. The van der Waals surface area contributed by atoms with Crippen LogP contribution in [0, 0.1) is 6.92 Å². The van der Waals surface area contributed by atoms with Gasteiger partial charge in [-0.3, -0.25) is 9.11 Å². The second-order valence-electron chi connectivity index (χ2n) is 3.63. The topological polar surface area (TPSA) is 141 Å². The Balaban J connectivity index is 0.000000494. The zero-order valence-corrected chi connectivity index (χ0v) is 10.6. The van der Waals surface area contributed by atoms with Crippen molar-refractivity contribution in [2.45, 2.75) is 12.8 Å². The van der Waals surface area contributed by atoms with Crippen LogP contribution in [0.5, 0.6) is 0 Å². The molecule has 0 bridgehead atoms. The highest BCUT2D eigenvalue weighted by Crippen LogP contribution is 2.20. The maximum atomic E-state index is 8.98. The van der Waals surface area contributed by atoms with Crippen molar-refractivity contribution in [3.8, 4) is 0 Å². The highest BCUT2D eigenvalue weighted by Gasteiger charge is 2.11. The molecule has 1 aromatic carbocycles. The number of nitrogen functional groups attached to an aromatic ring is 1. The van der Waals surface area contributed by atoms with Crippen molar-refractivity contribution < 1.29 is 27.7 Å². The molecule has 8 heteroatoms. The molecule has 104 valence electrons. The van der Waals surface area contributed by atoms with Crippen molar-refractivity contribution in [2.75, 3.05) is 18.9 Å². The molecule has 0 saturated heterocycles. The lowest BCUT2D eigenvalue weighted by Crippen LogP contribution is -2.10. The van der Waals surface area contributed by atoms with Gasteiger partial charge < -0.3 is 15.9 Å². The fourth-order valence-corrected chi connectivity index (χ4v) is 1.41. The van der Waals surface area contributed by atoms with Crippen molar-refractivity contribution in [2.24, 2.45) is 0 Å². The molecule has 0 saturated carbocycles. The Morgan fingerprint density at radius 2 is 1.67 bits per heavy atom. The van der Waals surface area contributed by atoms with Gasteiger partial charge in [0.25, 0.3) is 0 Å². The van der Waals surface area contributed by atoms with Crippen LogP contribution in [-0.2, 0) is 10.4 Å². The van der Waals surface area contributed by atoms with Crippen LogP contribution in [0.2, 0.25) is 0 Å². The number of benzene rings is 1. The van der Waals surface area contributed by atoms with E-state index in [2.05, 4.69) is 0 Å². The summed E-state index contributed by atoms with van der Waals surface area (Å²) >= 11 is 0. The first-order chi connectivity index (χ1) is 8.19. The number of hydrogen-bond acceptors (Lipinski definition) is 5. The third-order valence-electron chi connectivity index (χ3n) is 2.17. The van der Waals surface area contributed by atoms with Gasteiger partial charge in [0.05, 0.1) is 13.2 Å². The van der Waals surface area contributed by atoms with Gasteiger partial charge in [0.15, 0.2) is 0 Å². The number of nitrogens with two attached hydrogens (primary N) is 1. The van der Waals surface area contributed by atoms with E-state index in [-0.39, 0.29) is 19.1 Å². The zero-order chi connectivity index (χ0) is 14.3. The van der Waals surface area contributed by atoms with Crippen molar-refractivity contribution in [3.05, 3.63) is 29.3 Å². The van der Waals surface area contributed by atoms with Crippen molar-refractivity contribution >= 4 is 16.1 Å². The normalized spacial score (nSPS) is 11.0. The van der Waals surface area contributed by atoms with E-state index in [4.69, 9.17) is 33.5 Å². The van der Waals surface area contributed by atoms with Crippen LogP contribution < -0.4 is 5.73 Å². The van der Waals surface area contributed by atoms with E-state index in [0.717, 1.165) is 11.1 Å². The van der Waals surface area contributed by atoms with Gasteiger partial charge >= 0.3 is 10.4 Å². The van der Waals surface area contributed by atoms with Crippen LogP contribution in [0.25, 0.3) is 0 Å². The Labute approximate surface area is 105 Å². The maximum Gasteiger partial charge on any atom is 0.394 e. The minimum atomic E-state index is -4.67. The molecule has 0 aliphatic heterocycles. The number of aliphatic hydroxyl groups is 2. The minimum absolute atomic E-state index is 0.0404. The molecule has 18 heavy (non-hydrogen) atoms. The Hall–Kier alpha value is -1.19. The highest BCUT2D eigenvalue weighted by molar-refractivity contribution is 7.79. The zero-order valence-electron chi connectivity index (χ0n) is 9.81. The van der Waals surface area contributed by atoms with Crippen LogP contribution in [0.4, 0.5) is 5.69 Å². The summed E-state index contributed by atoms with van der Waals surface area (Å²) in [6, 6.07) is 5.47. The van der Waals surface area contributed by atoms with Gasteiger partial charge in [-0.2, -0.15) is 8.42 Å². The molecule has 1 rings (SSSR count). The molecule has 0 aliphatic carbocycles. The molecular weight excluding hydrogens is 262 g/mol. The predicted molar refractivity (Wildman–Crippen MR) is 66.7 cm³/mol. The Morgan fingerprint density at radius 3 is 2.00 bits per heavy atom. The van der Waals surface area contributed by atoms with Crippen LogP contribution in [0.3, 0.4) is 0 Å². The summed E-state index contributed by atoms with van der Waals surface area (Å²) in [7, 11) is -4.67. The fraction of sp³-hybridized carbons (Fsp3) is 0.400. The molecular formula is C10H17NO6S. The number of aliphatic hydroxyl groups excluding tert-OH is 2. The summed E-state index contributed by atoms with van der Waals surface area (Å²) < 4.78 is 31.6. The second-order valence-corrected chi connectivity index (χ2v) is 4.52. The monoisotopic (exact) mass is 279 g/mol. The lowest BCUT2D eigenvalue weighted by atomic mass is 9.96. The molecule has 0 amide bonds. The summed E-state index contributed by atoms with van der Waals surface area (Å²) in [6.07, 6.45) is 0. The maximum absolute atomic E-state index is 8.98. The molecule has 0 heterocycles. The third-order valence-corrected chi connectivity index (χ3v) is 2.17. The summed E-state index contributed by atoms with van der Waals surface area (Å²) in [5.74, 6) is -0.194. The average Bonchev–Trinajstić information content (AvgIpc) is 2.20. The van der Waals surface area contributed by atoms with E-state index in [1.807, 2.05) is 19.1 Å². The van der Waals surface area contributed by atoms with Gasteiger partial charge in [-0.25, -0.2) is 0 Å². The first kappa shape index (κ1) is 16.8. The molecule has 0 fully saturated rings. The fourth-order valence-electron chi connectivity index (χ4n) is 1.41. The van der Waals surface area contributed by atoms with Gasteiger partial charge in [0.1, 0.15) is 0 Å². The largest absolute Gasteiger partial charge is 0.399 e. The van der Waals surface area contributed by atoms with Crippen LogP contribution in [0.1, 0.15) is 17.0 Å². The number of aryl methyl sites for hydroxylation is 1. The lowest BCUT2D eigenvalue weighted by Gasteiger charge is -2.14. The smallest absolute Gasteiger partial charge is 0.394 e. The molecule has 0 aromatic heterocycles. The number of anilines is 1. The Kier molecular flexibility index (Phi) is 6.81. The van der Waals surface area contributed by atoms with Crippen molar-refractivity contribution in [1.29, 1.82) is 0 Å². The SMILES string of the molecule is Cc1cc(N)ccc1C(CO)CO.O=S(=O)(O)O. The summed E-state index contributed by atoms with van der Waals surface area (Å²) in [5.41, 5.74) is 8.26. The first-order valence-electron chi connectivity index (χ1n) is 4.96. The second kappa shape index (κ2) is 7.29. The molecule has 7 nitrogen and oxygen atoms in total. The van der Waals surface area contributed by atoms with E-state index < -0.39 is 10.4 Å². The van der Waals surface area contributed by atoms with Gasteiger partial charge in [-0.1, -0.05) is 6.07 Å². The quantitative estimate of drug-likeness (QED) is 0.387. The van der Waals surface area contributed by atoms with Gasteiger partial charge in [-0.05, 0) is 30.2 Å². The highest BCUT2D eigenvalue weighted by atomic mass is 32.3. The molecule has 0 aliphatic rings. The summed E-state index contributed by atoms with van der Waals surface area (Å²) in [4.78, 5) is 0. The third kappa shape index (κ3) is 7.20. The first-order valence-corrected chi connectivity index (χ1v) is 6.36. The summed E-state index contributed by atoms with van der Waals surface area (Å²) in [5, 5.41) is 18.0. The average molecular weight is 279 g/mol. The van der Waals surface area contributed by atoms with Gasteiger partial charge in [-0.15, -0.1) is 0 Å². The van der Waals surface area contributed by atoms with Crippen molar-refractivity contribution in [3.63, 3.8) is 0 Å². The Bertz CT molecular complexity index is 461. The van der Waals surface area contributed by atoms with Crippen LogP contribution in [-0.4, -0.2) is 41.0 Å². The van der Waals surface area contributed by atoms with Gasteiger partial charge in [0, 0.05) is 11.6 Å². The van der Waals surface area contributed by atoms with Crippen molar-refractivity contribution in [1.82, 2.24) is 0 Å². The van der Waals surface area contributed by atoms with E-state index >= 15 is 0 Å². The standard InChI is InChI=1S/C10H15NO2.H2O4S/c1-7-4-9(11)2-3-10(7)8(5-12)6-13;1-5(2,3)4/h2-4,8,12-13H,5-6,11H2,1H3;(H2,1,2,3,4). The lowest BCUT2D eigenvalue weighted by molar-refractivity contribution is 0.192. The van der Waals surface area contributed by atoms with E-state index in [1.165, 1.54) is 0 Å². The van der Waals surface area contributed by atoms with Crippen LogP contribution >= 0.6 is 0 Å². The number of rotatable bonds is 3. The number of hydrogen-bond donors (Lipinski definition) is 5. The van der Waals surface area contributed by atoms with Crippen LogP contribution in [0.15, 0.2) is 18.2 Å². The molecule has 0 atom stereocenters. The van der Waals surface area contributed by atoms with E-state index in [9.17, 15) is 0 Å². The minimum Gasteiger partial charge on any atom is -0.399 e.